The number of hydrogen-bond donors (Lipinski definition) is 2. The molecule has 7 rings (SSSR count). The minimum absolute atomic E-state index is 0.103. The van der Waals surface area contributed by atoms with E-state index in [0.717, 1.165) is 58.2 Å². The van der Waals surface area contributed by atoms with E-state index < -0.39 is 11.4 Å². The summed E-state index contributed by atoms with van der Waals surface area (Å²) in [5.74, 6) is 1.74. The molecule has 52 heavy (non-hydrogen) atoms. The summed E-state index contributed by atoms with van der Waals surface area (Å²) in [6.45, 7) is 26.1. The van der Waals surface area contributed by atoms with Crippen LogP contribution in [0.5, 0.6) is 0 Å². The standard InChI is InChI=1S/C45H74N2O5/c1-38(2,37(50)51)27-34(48)52-33-17-18-42(8)31(40(33,5)6)16-19-44(10)32(42)14-13-30-35-29(41(7)21-22-41)15-20-45(35,24-23-43(30,44)9)36(49)46-39(3,4)28-47-25-11-12-26-47/h29-33,35H,11-28H2,1-10H3,(H,46,49)(H,50,51)/t29-,30-,31+,32-,33+,35-,42+,43-,44-,45+/m1/s1. The number of esters is 1. The van der Waals surface area contributed by atoms with Gasteiger partial charge in [-0.05, 0) is 182 Å². The SMILES string of the molecule is CC(C)(CN1CCCC1)NC(=O)[C@]12CC[C@@H](C3(C)CC3)[C@@H]1[C@H]1CC[C@@H]3[C@@]4(C)CC[C@H](OC(=O)CC(C)(C)C(=O)O)C(C)(C)[C@@H]4CC[C@@]3(C)[C@]1(C)CC2. The predicted octanol–water partition coefficient (Wildman–Crippen LogP) is 9.27. The molecule has 0 aromatic carbocycles. The van der Waals surface area contributed by atoms with Crippen LogP contribution in [0.4, 0.5) is 0 Å². The molecule has 0 radical (unpaired) electrons. The Balaban J connectivity index is 1.14. The van der Waals surface area contributed by atoms with Gasteiger partial charge in [-0.1, -0.05) is 41.5 Å². The third-order valence-corrected chi connectivity index (χ3v) is 18.5. The third kappa shape index (κ3) is 5.84. The molecule has 0 bridgehead atoms. The Morgan fingerprint density at radius 2 is 1.42 bits per heavy atom. The van der Waals surface area contributed by atoms with Crippen molar-refractivity contribution in [3.8, 4) is 0 Å². The van der Waals surface area contributed by atoms with E-state index in [1.165, 1.54) is 51.4 Å². The Morgan fingerprint density at radius 1 is 0.750 bits per heavy atom. The van der Waals surface area contributed by atoms with E-state index in [1.807, 2.05) is 0 Å². The van der Waals surface area contributed by atoms with Crippen molar-refractivity contribution in [1.29, 1.82) is 0 Å². The van der Waals surface area contributed by atoms with Crippen molar-refractivity contribution < 1.29 is 24.2 Å². The normalized spacial score (nSPS) is 43.7. The van der Waals surface area contributed by atoms with Crippen molar-refractivity contribution in [3.63, 3.8) is 0 Å². The first-order chi connectivity index (χ1) is 24.0. The van der Waals surface area contributed by atoms with Gasteiger partial charge in [0, 0.05) is 17.5 Å². The molecule has 6 saturated carbocycles. The number of aliphatic carboxylic acids is 1. The van der Waals surface area contributed by atoms with Crippen LogP contribution in [0, 0.1) is 67.5 Å². The molecule has 1 heterocycles. The Kier molecular flexibility index (Phi) is 9.24. The van der Waals surface area contributed by atoms with Crippen LogP contribution in [0.25, 0.3) is 0 Å². The fraction of sp³-hybridized carbons (Fsp3) is 0.933. The summed E-state index contributed by atoms with van der Waals surface area (Å²) in [5, 5.41) is 13.4. The van der Waals surface area contributed by atoms with Gasteiger partial charge in [-0.3, -0.25) is 14.4 Å². The lowest BCUT2D eigenvalue weighted by Crippen LogP contribution is -2.68. The van der Waals surface area contributed by atoms with Crippen LogP contribution in [0.3, 0.4) is 0 Å². The molecule has 0 aromatic rings. The van der Waals surface area contributed by atoms with Crippen LogP contribution in [0.15, 0.2) is 0 Å². The van der Waals surface area contributed by atoms with Crippen LogP contribution >= 0.6 is 0 Å². The van der Waals surface area contributed by atoms with Crippen LogP contribution in [0.2, 0.25) is 0 Å². The molecule has 2 N–H and O–H groups in total. The number of carboxylic acid groups (broad SMARTS) is 1. The summed E-state index contributed by atoms with van der Waals surface area (Å²) in [7, 11) is 0. The van der Waals surface area contributed by atoms with E-state index in [9.17, 15) is 19.5 Å². The van der Waals surface area contributed by atoms with E-state index in [1.54, 1.807) is 13.8 Å². The van der Waals surface area contributed by atoms with E-state index in [-0.39, 0.29) is 51.1 Å². The summed E-state index contributed by atoms with van der Waals surface area (Å²) >= 11 is 0. The van der Waals surface area contributed by atoms with Crippen LogP contribution in [-0.2, 0) is 19.1 Å². The van der Waals surface area contributed by atoms with Crippen molar-refractivity contribution in [2.45, 2.75) is 177 Å². The number of ether oxygens (including phenoxy) is 1. The van der Waals surface area contributed by atoms with Gasteiger partial charge in [0.15, 0.2) is 0 Å². The number of carboxylic acids is 1. The topological polar surface area (TPSA) is 95.9 Å². The summed E-state index contributed by atoms with van der Waals surface area (Å²) < 4.78 is 6.21. The molecule has 7 heteroatoms. The van der Waals surface area contributed by atoms with E-state index in [0.29, 0.717) is 40.9 Å². The van der Waals surface area contributed by atoms with Crippen molar-refractivity contribution >= 4 is 17.8 Å². The molecule has 0 spiro atoms. The lowest BCUT2D eigenvalue weighted by atomic mass is 9.32. The Hall–Kier alpha value is -1.63. The number of likely N-dealkylation sites (tertiary alicyclic amines) is 1. The molecule has 294 valence electrons. The Labute approximate surface area is 315 Å². The largest absolute Gasteiger partial charge is 0.481 e. The quantitative estimate of drug-likeness (QED) is 0.231. The first kappa shape index (κ1) is 38.6. The molecule has 7 fully saturated rings. The maximum Gasteiger partial charge on any atom is 0.309 e. The number of carbonyl (C=O) groups excluding carboxylic acids is 2. The Bertz CT molecular complexity index is 1440. The van der Waals surface area contributed by atoms with E-state index in [4.69, 9.17) is 4.74 Å². The molecule has 6 aliphatic carbocycles. The first-order valence-corrected chi connectivity index (χ1v) is 21.5. The van der Waals surface area contributed by atoms with Gasteiger partial charge in [-0.15, -0.1) is 0 Å². The van der Waals surface area contributed by atoms with Gasteiger partial charge in [0.25, 0.3) is 0 Å². The van der Waals surface area contributed by atoms with Crippen molar-refractivity contribution in [2.24, 2.45) is 67.5 Å². The third-order valence-electron chi connectivity index (χ3n) is 18.5. The van der Waals surface area contributed by atoms with Gasteiger partial charge in [-0.25, -0.2) is 0 Å². The number of nitrogens with one attached hydrogen (secondary N) is 1. The lowest BCUT2D eigenvalue weighted by Gasteiger charge is -2.73. The van der Waals surface area contributed by atoms with Crippen LogP contribution in [0.1, 0.15) is 166 Å². The summed E-state index contributed by atoms with van der Waals surface area (Å²) in [6.07, 6.45) is 16.0. The van der Waals surface area contributed by atoms with Crippen molar-refractivity contribution in [1.82, 2.24) is 10.2 Å². The number of nitrogens with zero attached hydrogens (tertiary/aromatic N) is 1. The molecular weight excluding hydrogens is 649 g/mol. The Morgan fingerprint density at radius 3 is 2.06 bits per heavy atom. The van der Waals surface area contributed by atoms with Crippen LogP contribution in [-0.4, -0.2) is 59.1 Å². The molecule has 7 aliphatic rings. The molecule has 0 aromatic heterocycles. The maximum atomic E-state index is 15.0. The van der Waals surface area contributed by atoms with Gasteiger partial charge in [0.2, 0.25) is 5.91 Å². The fourth-order valence-electron chi connectivity index (χ4n) is 15.1. The highest BCUT2D eigenvalue weighted by molar-refractivity contribution is 5.84. The second kappa shape index (κ2) is 12.4. The summed E-state index contributed by atoms with van der Waals surface area (Å²) in [6, 6.07) is 0. The van der Waals surface area contributed by atoms with Gasteiger partial charge in [0.1, 0.15) is 6.10 Å². The highest BCUT2D eigenvalue weighted by atomic mass is 16.5. The zero-order chi connectivity index (χ0) is 37.9. The van der Waals surface area contributed by atoms with E-state index >= 15 is 0 Å². The van der Waals surface area contributed by atoms with Crippen molar-refractivity contribution in [3.05, 3.63) is 0 Å². The maximum absolute atomic E-state index is 15.0. The van der Waals surface area contributed by atoms with E-state index in [2.05, 4.69) is 65.6 Å². The highest BCUT2D eigenvalue weighted by Crippen LogP contribution is 2.79. The van der Waals surface area contributed by atoms with Gasteiger partial charge < -0.3 is 20.1 Å². The predicted molar refractivity (Wildman–Crippen MR) is 205 cm³/mol. The summed E-state index contributed by atoms with van der Waals surface area (Å²) in [5.41, 5.74) is -0.864. The second-order valence-corrected chi connectivity index (χ2v) is 22.7. The zero-order valence-electron chi connectivity index (χ0n) is 34.7. The molecule has 7 nitrogen and oxygen atoms in total. The van der Waals surface area contributed by atoms with Crippen molar-refractivity contribution in [2.75, 3.05) is 19.6 Å². The molecule has 10 atom stereocenters. The average molecular weight is 723 g/mol. The van der Waals surface area contributed by atoms with Gasteiger partial charge >= 0.3 is 11.9 Å². The average Bonchev–Trinajstić information content (AvgIpc) is 3.39. The molecule has 1 aliphatic heterocycles. The first-order valence-electron chi connectivity index (χ1n) is 21.5. The molecular formula is C45H74N2O5. The number of carbonyl (C=O) groups is 3. The minimum atomic E-state index is -1.14. The molecule has 1 amide bonds. The molecule has 1 saturated heterocycles. The lowest BCUT2D eigenvalue weighted by molar-refractivity contribution is -0.251. The monoisotopic (exact) mass is 723 g/mol. The molecule has 0 unspecified atom stereocenters. The second-order valence-electron chi connectivity index (χ2n) is 22.7. The van der Waals surface area contributed by atoms with Gasteiger partial charge in [0.05, 0.1) is 17.3 Å². The summed E-state index contributed by atoms with van der Waals surface area (Å²) in [4.78, 5) is 42.4. The minimum Gasteiger partial charge on any atom is -0.481 e. The van der Waals surface area contributed by atoms with Gasteiger partial charge in [-0.2, -0.15) is 0 Å². The highest BCUT2D eigenvalue weighted by Gasteiger charge is 2.73. The smallest absolute Gasteiger partial charge is 0.309 e. The number of fused-ring (bicyclic) bond motifs is 7. The number of amides is 1. The number of rotatable bonds is 9. The fourth-order valence-corrected chi connectivity index (χ4v) is 15.1. The number of hydrogen-bond acceptors (Lipinski definition) is 5. The zero-order valence-corrected chi connectivity index (χ0v) is 34.7. The van der Waals surface area contributed by atoms with Crippen LogP contribution < -0.4 is 5.32 Å².